The average molecular weight is 309 g/mol. The molecule has 0 aromatic carbocycles. The molecule has 0 radical (unpaired) electrons. The van der Waals surface area contributed by atoms with Crippen molar-refractivity contribution in [1.82, 2.24) is 4.90 Å². The number of likely N-dealkylation sites (N-methyl/N-ethyl adjacent to an activating group) is 1. The smallest absolute Gasteiger partial charge is 0.391 e. The van der Waals surface area contributed by atoms with Gasteiger partial charge in [0.2, 0.25) is 0 Å². The van der Waals surface area contributed by atoms with Gasteiger partial charge in [0.05, 0.1) is 12.6 Å². The van der Waals surface area contributed by atoms with Gasteiger partial charge in [0.15, 0.2) is 0 Å². The maximum absolute atomic E-state index is 12.7. The fourth-order valence-electron chi connectivity index (χ4n) is 3.27. The zero-order chi connectivity index (χ0) is 15.7. The number of hydrogen-bond donors (Lipinski definition) is 1. The number of aliphatic hydroxyl groups excluding tert-OH is 1. The Morgan fingerprint density at radius 2 is 1.38 bits per heavy atom. The van der Waals surface area contributed by atoms with Crippen molar-refractivity contribution in [3.05, 3.63) is 0 Å². The first-order valence-corrected chi connectivity index (χ1v) is 8.43. The first-order valence-electron chi connectivity index (χ1n) is 8.43. The second kappa shape index (κ2) is 9.67. The van der Waals surface area contributed by atoms with Crippen molar-refractivity contribution in [3.63, 3.8) is 0 Å². The molecule has 0 amide bonds. The van der Waals surface area contributed by atoms with E-state index in [1.165, 1.54) is 24.2 Å². The Morgan fingerprint density at radius 3 is 1.86 bits per heavy atom. The predicted octanol–water partition coefficient (Wildman–Crippen LogP) is 4.51. The van der Waals surface area contributed by atoms with E-state index in [2.05, 4.69) is 0 Å². The monoisotopic (exact) mass is 309 g/mol. The Morgan fingerprint density at radius 1 is 0.905 bits per heavy atom. The van der Waals surface area contributed by atoms with Crippen LogP contribution in [0.4, 0.5) is 13.2 Å². The van der Waals surface area contributed by atoms with Crippen LogP contribution in [-0.4, -0.2) is 41.4 Å². The summed E-state index contributed by atoms with van der Waals surface area (Å²) in [6.45, 7) is 1.17. The zero-order valence-electron chi connectivity index (χ0n) is 13.2. The minimum Gasteiger partial charge on any atom is -0.391 e. The number of halogens is 3. The molecule has 1 fully saturated rings. The van der Waals surface area contributed by atoms with Gasteiger partial charge in [0.1, 0.15) is 0 Å². The Bertz CT molecular complexity index is 271. The quantitative estimate of drug-likeness (QED) is 0.829. The molecule has 0 saturated heterocycles. The maximum atomic E-state index is 12.7. The lowest BCUT2D eigenvalue weighted by Crippen LogP contribution is -2.47. The van der Waals surface area contributed by atoms with E-state index in [-0.39, 0.29) is 6.04 Å². The van der Waals surface area contributed by atoms with E-state index in [0.717, 1.165) is 32.1 Å². The average Bonchev–Trinajstić information content (AvgIpc) is 2.39. The van der Waals surface area contributed by atoms with Crippen molar-refractivity contribution in [2.75, 3.05) is 13.1 Å². The van der Waals surface area contributed by atoms with Gasteiger partial charge < -0.3 is 5.11 Å². The number of alkyl halides is 3. The number of rotatable bonds is 3. The van der Waals surface area contributed by atoms with Crippen LogP contribution >= 0.6 is 0 Å². The SMILES string of the molecule is CCN(CC(F)(F)F)C1CCCCCCCCCCC1O. The van der Waals surface area contributed by atoms with Gasteiger partial charge in [-0.05, 0) is 19.4 Å². The summed E-state index contributed by atoms with van der Waals surface area (Å²) >= 11 is 0. The summed E-state index contributed by atoms with van der Waals surface area (Å²) in [6, 6.07) is -0.351. The molecule has 2 unspecified atom stereocenters. The lowest BCUT2D eigenvalue weighted by Gasteiger charge is -2.35. The second-order valence-corrected chi connectivity index (χ2v) is 6.22. The Balaban J connectivity index is 2.65. The van der Waals surface area contributed by atoms with Crippen molar-refractivity contribution in [2.45, 2.75) is 89.5 Å². The van der Waals surface area contributed by atoms with Gasteiger partial charge in [-0.2, -0.15) is 13.2 Å². The minimum atomic E-state index is -4.20. The molecule has 0 aromatic heterocycles. The van der Waals surface area contributed by atoms with E-state index in [1.807, 2.05) is 0 Å². The molecule has 1 aliphatic rings. The number of aliphatic hydroxyl groups is 1. The van der Waals surface area contributed by atoms with Gasteiger partial charge in [-0.15, -0.1) is 0 Å². The molecule has 1 saturated carbocycles. The molecule has 2 atom stereocenters. The maximum Gasteiger partial charge on any atom is 0.401 e. The zero-order valence-corrected chi connectivity index (χ0v) is 13.2. The third kappa shape index (κ3) is 8.05. The minimum absolute atomic E-state index is 0.335. The summed E-state index contributed by atoms with van der Waals surface area (Å²) < 4.78 is 38.1. The summed E-state index contributed by atoms with van der Waals surface area (Å²) in [4.78, 5) is 1.41. The fraction of sp³-hybridized carbons (Fsp3) is 1.00. The van der Waals surface area contributed by atoms with Crippen LogP contribution in [0.3, 0.4) is 0 Å². The predicted molar refractivity (Wildman–Crippen MR) is 79.3 cm³/mol. The van der Waals surface area contributed by atoms with Crippen molar-refractivity contribution >= 4 is 0 Å². The van der Waals surface area contributed by atoms with E-state index in [9.17, 15) is 18.3 Å². The Labute approximate surface area is 126 Å². The summed E-state index contributed by atoms with van der Waals surface area (Å²) in [5, 5.41) is 10.3. The van der Waals surface area contributed by atoms with Crippen molar-refractivity contribution < 1.29 is 18.3 Å². The van der Waals surface area contributed by atoms with Crippen LogP contribution in [0.5, 0.6) is 0 Å². The topological polar surface area (TPSA) is 23.5 Å². The highest BCUT2D eigenvalue weighted by Gasteiger charge is 2.35. The molecule has 0 spiro atoms. The molecule has 21 heavy (non-hydrogen) atoms. The van der Waals surface area contributed by atoms with Crippen LogP contribution in [-0.2, 0) is 0 Å². The van der Waals surface area contributed by atoms with Crippen LogP contribution in [0.25, 0.3) is 0 Å². The van der Waals surface area contributed by atoms with E-state index in [1.54, 1.807) is 6.92 Å². The molecule has 1 rings (SSSR count). The third-order valence-corrected chi connectivity index (χ3v) is 4.45. The molecule has 0 aromatic rings. The molecule has 2 nitrogen and oxygen atoms in total. The summed E-state index contributed by atoms with van der Waals surface area (Å²) in [5.74, 6) is 0. The van der Waals surface area contributed by atoms with Gasteiger partial charge in [-0.1, -0.05) is 58.3 Å². The molecule has 0 bridgehead atoms. The van der Waals surface area contributed by atoms with E-state index >= 15 is 0 Å². The van der Waals surface area contributed by atoms with Gasteiger partial charge in [-0.25, -0.2) is 0 Å². The van der Waals surface area contributed by atoms with Crippen molar-refractivity contribution in [3.8, 4) is 0 Å². The normalized spacial score (nSPS) is 27.1. The highest BCUT2D eigenvalue weighted by Crippen LogP contribution is 2.24. The molecule has 1 aliphatic carbocycles. The molecule has 126 valence electrons. The largest absolute Gasteiger partial charge is 0.401 e. The van der Waals surface area contributed by atoms with Gasteiger partial charge in [0.25, 0.3) is 0 Å². The molecule has 1 N–H and O–H groups in total. The van der Waals surface area contributed by atoms with E-state index in [4.69, 9.17) is 0 Å². The van der Waals surface area contributed by atoms with Crippen LogP contribution in [0.2, 0.25) is 0 Å². The highest BCUT2D eigenvalue weighted by molar-refractivity contribution is 4.80. The lowest BCUT2D eigenvalue weighted by atomic mass is 9.94. The molecular formula is C16H30F3NO. The van der Waals surface area contributed by atoms with Crippen LogP contribution in [0, 0.1) is 0 Å². The first kappa shape index (κ1) is 18.8. The first-order chi connectivity index (χ1) is 9.94. The highest BCUT2D eigenvalue weighted by atomic mass is 19.4. The Hall–Kier alpha value is -0.290. The molecule has 0 aliphatic heterocycles. The summed E-state index contributed by atoms with van der Waals surface area (Å²) in [6.07, 6.45) is 5.25. The third-order valence-electron chi connectivity index (χ3n) is 4.45. The van der Waals surface area contributed by atoms with Crippen LogP contribution < -0.4 is 0 Å². The van der Waals surface area contributed by atoms with Crippen molar-refractivity contribution in [1.29, 1.82) is 0 Å². The van der Waals surface area contributed by atoms with Crippen LogP contribution in [0.15, 0.2) is 0 Å². The fourth-order valence-corrected chi connectivity index (χ4v) is 3.27. The molecular weight excluding hydrogens is 279 g/mol. The summed E-state index contributed by atoms with van der Waals surface area (Å²) in [7, 11) is 0. The molecule has 5 heteroatoms. The standard InChI is InChI=1S/C16H30F3NO/c1-2-20(13-16(17,18)19)14-11-9-7-5-3-4-6-8-10-12-15(14)21/h14-15,21H,2-13H2,1H3. The van der Waals surface area contributed by atoms with Gasteiger partial charge in [-0.3, -0.25) is 4.90 Å². The van der Waals surface area contributed by atoms with Gasteiger partial charge in [0, 0.05) is 6.04 Å². The number of hydrogen-bond acceptors (Lipinski definition) is 2. The second-order valence-electron chi connectivity index (χ2n) is 6.22. The number of nitrogens with zero attached hydrogens (tertiary/aromatic N) is 1. The Kier molecular flexibility index (Phi) is 8.64. The van der Waals surface area contributed by atoms with E-state index in [0.29, 0.717) is 19.4 Å². The van der Waals surface area contributed by atoms with Gasteiger partial charge >= 0.3 is 6.18 Å². The van der Waals surface area contributed by atoms with Crippen LogP contribution in [0.1, 0.15) is 71.1 Å². The molecule has 0 heterocycles. The lowest BCUT2D eigenvalue weighted by molar-refractivity contribution is -0.155. The van der Waals surface area contributed by atoms with E-state index < -0.39 is 18.8 Å². The van der Waals surface area contributed by atoms with Crippen molar-refractivity contribution in [2.24, 2.45) is 0 Å². The summed E-state index contributed by atoms with van der Waals surface area (Å²) in [5.41, 5.74) is 0.